The van der Waals surface area contributed by atoms with Crippen LogP contribution in [0.3, 0.4) is 0 Å². The highest BCUT2D eigenvalue weighted by Gasteiger charge is 2.41. The molecule has 0 N–H and O–H groups in total. The molecular weight excluding hydrogens is 290 g/mol. The summed E-state index contributed by atoms with van der Waals surface area (Å²) in [6.45, 7) is 4.15. The Morgan fingerprint density at radius 2 is 1.95 bits per heavy atom. The fraction of sp³-hybridized carbons (Fsp3) is 0.421. The molecule has 2 aromatic rings. The molecule has 1 atom stereocenters. The van der Waals surface area contributed by atoms with Gasteiger partial charge in [-0.3, -0.25) is 4.79 Å². The fourth-order valence-corrected chi connectivity index (χ4v) is 4.64. The van der Waals surface area contributed by atoms with Crippen molar-refractivity contribution in [1.29, 1.82) is 0 Å². The maximum Gasteiger partial charge on any atom is 0.255 e. The first kappa shape index (κ1) is 14.0. The standard InChI is InChI=1S/C19H21NOS/c1-12-11-17(13(2)22-12)19(21)20(15-8-9-15)18-10-7-14-5-3-4-6-16(14)18/h3-6,11,15,18H,7-10H2,1-2H3/t18-/m1/s1. The highest BCUT2D eigenvalue weighted by Crippen LogP contribution is 2.43. The third kappa shape index (κ3) is 2.28. The van der Waals surface area contributed by atoms with Crippen molar-refractivity contribution >= 4 is 17.2 Å². The van der Waals surface area contributed by atoms with Crippen LogP contribution < -0.4 is 0 Å². The normalized spacial score (nSPS) is 20.0. The van der Waals surface area contributed by atoms with Gasteiger partial charge in [-0.25, -0.2) is 0 Å². The largest absolute Gasteiger partial charge is 0.329 e. The van der Waals surface area contributed by atoms with E-state index < -0.39 is 0 Å². The van der Waals surface area contributed by atoms with Crippen LogP contribution in [-0.2, 0) is 6.42 Å². The van der Waals surface area contributed by atoms with Gasteiger partial charge in [-0.2, -0.15) is 0 Å². The summed E-state index contributed by atoms with van der Waals surface area (Å²) in [6.07, 6.45) is 4.49. The molecule has 2 aliphatic rings. The molecule has 3 heteroatoms. The van der Waals surface area contributed by atoms with Gasteiger partial charge >= 0.3 is 0 Å². The lowest BCUT2D eigenvalue weighted by atomic mass is 10.1. The Bertz CT molecular complexity index is 729. The van der Waals surface area contributed by atoms with E-state index in [1.54, 1.807) is 11.3 Å². The number of hydrogen-bond donors (Lipinski definition) is 0. The summed E-state index contributed by atoms with van der Waals surface area (Å²) in [4.78, 5) is 17.8. The number of benzene rings is 1. The van der Waals surface area contributed by atoms with Crippen molar-refractivity contribution in [3.05, 3.63) is 56.8 Å². The van der Waals surface area contributed by atoms with Crippen molar-refractivity contribution in [1.82, 2.24) is 4.90 Å². The minimum absolute atomic E-state index is 0.242. The van der Waals surface area contributed by atoms with Gasteiger partial charge in [0.25, 0.3) is 5.91 Å². The highest BCUT2D eigenvalue weighted by atomic mass is 32.1. The monoisotopic (exact) mass is 311 g/mol. The molecule has 1 amide bonds. The van der Waals surface area contributed by atoms with Gasteiger partial charge in [0.15, 0.2) is 0 Å². The lowest BCUT2D eigenvalue weighted by Crippen LogP contribution is -2.36. The summed E-state index contributed by atoms with van der Waals surface area (Å²) >= 11 is 1.73. The Hall–Kier alpha value is -1.61. The van der Waals surface area contributed by atoms with Crippen LogP contribution in [0.5, 0.6) is 0 Å². The molecule has 0 aliphatic heterocycles. The number of hydrogen-bond acceptors (Lipinski definition) is 2. The Morgan fingerprint density at radius 1 is 1.18 bits per heavy atom. The van der Waals surface area contributed by atoms with E-state index in [1.807, 2.05) is 0 Å². The van der Waals surface area contributed by atoms with Crippen LogP contribution >= 0.6 is 11.3 Å². The summed E-state index contributed by atoms with van der Waals surface area (Å²) in [6, 6.07) is 11.4. The molecule has 0 spiro atoms. The number of amides is 1. The topological polar surface area (TPSA) is 20.3 Å². The summed E-state index contributed by atoms with van der Waals surface area (Å²) < 4.78 is 0. The van der Waals surface area contributed by atoms with E-state index in [9.17, 15) is 4.79 Å². The lowest BCUT2D eigenvalue weighted by Gasteiger charge is -2.30. The Kier molecular flexibility index (Phi) is 3.33. The minimum Gasteiger partial charge on any atom is -0.329 e. The molecule has 2 aliphatic carbocycles. The lowest BCUT2D eigenvalue weighted by molar-refractivity contribution is 0.0658. The Morgan fingerprint density at radius 3 is 2.64 bits per heavy atom. The number of aryl methyl sites for hydroxylation is 3. The average molecular weight is 311 g/mol. The molecule has 0 radical (unpaired) electrons. The van der Waals surface area contributed by atoms with E-state index in [2.05, 4.69) is 49.1 Å². The summed E-state index contributed by atoms with van der Waals surface area (Å²) in [5.74, 6) is 0.242. The SMILES string of the molecule is Cc1cc(C(=O)N(C2CC2)[C@@H]2CCc3ccccc32)c(C)s1. The van der Waals surface area contributed by atoms with Crippen LogP contribution in [0.25, 0.3) is 0 Å². The first-order valence-corrected chi connectivity index (χ1v) is 8.94. The van der Waals surface area contributed by atoms with Crippen molar-refractivity contribution in [3.8, 4) is 0 Å². The molecule has 1 aromatic heterocycles. The molecule has 1 fully saturated rings. The Labute approximate surface area is 135 Å². The van der Waals surface area contributed by atoms with Crippen LogP contribution in [0.15, 0.2) is 30.3 Å². The van der Waals surface area contributed by atoms with Crippen molar-refractivity contribution in [2.75, 3.05) is 0 Å². The number of fused-ring (bicyclic) bond motifs is 1. The van der Waals surface area contributed by atoms with Gasteiger partial charge in [0, 0.05) is 15.8 Å². The van der Waals surface area contributed by atoms with Gasteiger partial charge in [-0.05, 0) is 56.7 Å². The third-order valence-corrected chi connectivity index (χ3v) is 5.85. The van der Waals surface area contributed by atoms with Crippen LogP contribution in [0.2, 0.25) is 0 Å². The number of rotatable bonds is 3. The zero-order valence-corrected chi connectivity index (χ0v) is 14.0. The molecule has 4 rings (SSSR count). The first-order chi connectivity index (χ1) is 10.6. The van der Waals surface area contributed by atoms with Gasteiger partial charge in [0.2, 0.25) is 0 Å². The third-order valence-electron chi connectivity index (χ3n) is 4.88. The molecular formula is C19H21NOS. The van der Waals surface area contributed by atoms with Crippen molar-refractivity contribution in [3.63, 3.8) is 0 Å². The zero-order chi connectivity index (χ0) is 15.3. The van der Waals surface area contributed by atoms with Gasteiger partial charge in [0.05, 0.1) is 11.6 Å². The van der Waals surface area contributed by atoms with Crippen molar-refractivity contribution in [2.45, 2.75) is 51.6 Å². The quantitative estimate of drug-likeness (QED) is 0.807. The number of carbonyl (C=O) groups excluding carboxylic acids is 1. The summed E-state index contributed by atoms with van der Waals surface area (Å²) in [5, 5.41) is 0. The molecule has 0 saturated heterocycles. The second-order valence-electron chi connectivity index (χ2n) is 6.52. The molecule has 1 saturated carbocycles. The predicted molar refractivity (Wildman–Crippen MR) is 90.5 cm³/mol. The van der Waals surface area contributed by atoms with E-state index in [4.69, 9.17) is 0 Å². The molecule has 1 heterocycles. The van der Waals surface area contributed by atoms with Crippen LogP contribution in [0.4, 0.5) is 0 Å². The van der Waals surface area contributed by atoms with E-state index in [1.165, 1.54) is 16.0 Å². The zero-order valence-electron chi connectivity index (χ0n) is 13.1. The average Bonchev–Trinajstić information content (AvgIpc) is 3.15. The molecule has 1 aromatic carbocycles. The Balaban J connectivity index is 1.71. The maximum absolute atomic E-state index is 13.2. The smallest absolute Gasteiger partial charge is 0.255 e. The first-order valence-electron chi connectivity index (χ1n) is 8.12. The minimum atomic E-state index is 0.242. The van der Waals surface area contributed by atoms with E-state index in [-0.39, 0.29) is 11.9 Å². The van der Waals surface area contributed by atoms with Gasteiger partial charge in [-0.1, -0.05) is 24.3 Å². The van der Waals surface area contributed by atoms with E-state index in [0.717, 1.165) is 36.1 Å². The number of thiophene rings is 1. The highest BCUT2D eigenvalue weighted by molar-refractivity contribution is 7.12. The second-order valence-corrected chi connectivity index (χ2v) is 7.98. The van der Waals surface area contributed by atoms with Crippen LogP contribution in [0, 0.1) is 13.8 Å². The van der Waals surface area contributed by atoms with Gasteiger partial charge in [-0.15, -0.1) is 11.3 Å². The van der Waals surface area contributed by atoms with E-state index >= 15 is 0 Å². The van der Waals surface area contributed by atoms with Gasteiger partial charge < -0.3 is 4.90 Å². The number of carbonyl (C=O) groups is 1. The summed E-state index contributed by atoms with van der Waals surface area (Å²) in [7, 11) is 0. The predicted octanol–water partition coefficient (Wildman–Crippen LogP) is 4.66. The number of nitrogens with zero attached hydrogens (tertiary/aromatic N) is 1. The molecule has 22 heavy (non-hydrogen) atoms. The molecule has 0 unspecified atom stereocenters. The van der Waals surface area contributed by atoms with Crippen molar-refractivity contribution < 1.29 is 4.79 Å². The van der Waals surface area contributed by atoms with Crippen LogP contribution in [0.1, 0.15) is 56.5 Å². The fourth-order valence-electron chi connectivity index (χ4n) is 3.72. The molecule has 2 nitrogen and oxygen atoms in total. The van der Waals surface area contributed by atoms with Crippen molar-refractivity contribution in [2.24, 2.45) is 0 Å². The van der Waals surface area contributed by atoms with Gasteiger partial charge in [0.1, 0.15) is 0 Å². The second kappa shape index (κ2) is 5.24. The van der Waals surface area contributed by atoms with Crippen LogP contribution in [-0.4, -0.2) is 16.8 Å². The molecule has 114 valence electrons. The maximum atomic E-state index is 13.2. The van der Waals surface area contributed by atoms with E-state index in [0.29, 0.717) is 6.04 Å². The molecule has 0 bridgehead atoms. The summed E-state index contributed by atoms with van der Waals surface area (Å²) in [5.41, 5.74) is 3.70.